The first kappa shape index (κ1) is 15.8. The van der Waals surface area contributed by atoms with Crippen molar-refractivity contribution in [1.82, 2.24) is 0 Å². The maximum Gasteiger partial charge on any atom is 0.387 e. The fraction of sp³-hybridized carbons (Fsp3) is 0.200. The first-order valence-electron chi connectivity index (χ1n) is 6.19. The van der Waals surface area contributed by atoms with Crippen LogP contribution < -0.4 is 14.8 Å². The van der Waals surface area contributed by atoms with Crippen LogP contribution in [0, 0.1) is 3.57 Å². The van der Waals surface area contributed by atoms with Gasteiger partial charge in [0.25, 0.3) is 0 Å². The number of benzene rings is 2. The topological polar surface area (TPSA) is 30.5 Å². The molecule has 0 amide bonds. The number of halogens is 3. The van der Waals surface area contributed by atoms with E-state index in [4.69, 9.17) is 4.74 Å². The largest absolute Gasteiger partial charge is 0.493 e. The molecule has 0 fully saturated rings. The van der Waals surface area contributed by atoms with Crippen molar-refractivity contribution in [3.05, 3.63) is 51.6 Å². The molecule has 0 bridgehead atoms. The van der Waals surface area contributed by atoms with E-state index in [0.29, 0.717) is 6.54 Å². The van der Waals surface area contributed by atoms with Crippen molar-refractivity contribution >= 4 is 28.3 Å². The first-order valence-corrected chi connectivity index (χ1v) is 7.27. The monoisotopic (exact) mass is 405 g/mol. The van der Waals surface area contributed by atoms with Crippen molar-refractivity contribution < 1.29 is 18.3 Å². The molecule has 0 spiro atoms. The Bertz CT molecular complexity index is 608. The lowest BCUT2D eigenvalue weighted by molar-refractivity contribution is -0.0512. The lowest BCUT2D eigenvalue weighted by Crippen LogP contribution is -2.05. The van der Waals surface area contributed by atoms with Gasteiger partial charge in [-0.25, -0.2) is 0 Å². The Balaban J connectivity index is 2.09. The minimum absolute atomic E-state index is 0.0365. The van der Waals surface area contributed by atoms with Crippen molar-refractivity contribution in [3.8, 4) is 11.5 Å². The third-order valence-corrected chi connectivity index (χ3v) is 3.44. The molecule has 21 heavy (non-hydrogen) atoms. The van der Waals surface area contributed by atoms with Crippen LogP contribution in [0.1, 0.15) is 5.56 Å². The maximum absolute atomic E-state index is 12.4. The standard InChI is InChI=1S/C15H14F2INO2/c1-20-13-6-5-10(7-14(13)21-15(16)17)9-19-12-4-2-3-11(18)8-12/h2-8,15,19H,9H2,1H3. The number of anilines is 1. The molecule has 0 atom stereocenters. The van der Waals surface area contributed by atoms with Gasteiger partial charge >= 0.3 is 6.61 Å². The number of nitrogens with one attached hydrogen (secondary N) is 1. The van der Waals surface area contributed by atoms with Crippen LogP contribution in [0.4, 0.5) is 14.5 Å². The van der Waals surface area contributed by atoms with Crippen molar-refractivity contribution in [2.75, 3.05) is 12.4 Å². The summed E-state index contributed by atoms with van der Waals surface area (Å²) in [6.07, 6.45) is 0. The number of hydrogen-bond acceptors (Lipinski definition) is 3. The number of alkyl halides is 2. The van der Waals surface area contributed by atoms with Gasteiger partial charge < -0.3 is 14.8 Å². The molecule has 3 nitrogen and oxygen atoms in total. The fourth-order valence-corrected chi connectivity index (χ4v) is 2.36. The van der Waals surface area contributed by atoms with Crippen LogP contribution in [0.25, 0.3) is 0 Å². The van der Waals surface area contributed by atoms with Crippen LogP contribution in [0.3, 0.4) is 0 Å². The summed E-state index contributed by atoms with van der Waals surface area (Å²) >= 11 is 2.23. The van der Waals surface area contributed by atoms with E-state index in [0.717, 1.165) is 14.8 Å². The Morgan fingerprint density at radius 2 is 1.95 bits per heavy atom. The average molecular weight is 405 g/mol. The van der Waals surface area contributed by atoms with Gasteiger partial charge in [-0.3, -0.25) is 0 Å². The highest BCUT2D eigenvalue weighted by molar-refractivity contribution is 14.1. The van der Waals surface area contributed by atoms with Gasteiger partial charge in [-0.1, -0.05) is 12.1 Å². The van der Waals surface area contributed by atoms with Crippen LogP contribution in [-0.4, -0.2) is 13.7 Å². The summed E-state index contributed by atoms with van der Waals surface area (Å²) in [5.41, 5.74) is 1.79. The van der Waals surface area contributed by atoms with Crippen molar-refractivity contribution in [1.29, 1.82) is 0 Å². The van der Waals surface area contributed by atoms with Gasteiger partial charge in [-0.15, -0.1) is 0 Å². The Morgan fingerprint density at radius 1 is 1.14 bits per heavy atom. The van der Waals surface area contributed by atoms with Gasteiger partial charge in [-0.05, 0) is 58.5 Å². The summed E-state index contributed by atoms with van der Waals surface area (Å²) in [5, 5.41) is 3.23. The zero-order chi connectivity index (χ0) is 15.2. The SMILES string of the molecule is COc1ccc(CNc2cccc(I)c2)cc1OC(F)F. The predicted molar refractivity (Wildman–Crippen MR) is 86.1 cm³/mol. The summed E-state index contributed by atoms with van der Waals surface area (Å²) in [5.74, 6) is 0.322. The molecule has 0 aliphatic carbocycles. The summed E-state index contributed by atoms with van der Waals surface area (Å²) in [6.45, 7) is -2.37. The molecule has 0 saturated carbocycles. The molecule has 112 valence electrons. The Labute approximate surface area is 135 Å². The number of rotatable bonds is 6. The average Bonchev–Trinajstić information content (AvgIpc) is 2.45. The minimum atomic E-state index is -2.88. The lowest BCUT2D eigenvalue weighted by Gasteiger charge is -2.12. The van der Waals surface area contributed by atoms with Gasteiger partial charge in [0.05, 0.1) is 7.11 Å². The van der Waals surface area contributed by atoms with Crippen molar-refractivity contribution in [2.45, 2.75) is 13.2 Å². The highest BCUT2D eigenvalue weighted by Gasteiger charge is 2.11. The van der Waals surface area contributed by atoms with E-state index in [2.05, 4.69) is 32.6 Å². The fourth-order valence-electron chi connectivity index (χ4n) is 1.82. The molecular weight excluding hydrogens is 391 g/mol. The van der Waals surface area contributed by atoms with Crippen molar-refractivity contribution in [3.63, 3.8) is 0 Å². The minimum Gasteiger partial charge on any atom is -0.493 e. The van der Waals surface area contributed by atoms with Gasteiger partial charge in [0.1, 0.15) is 0 Å². The Morgan fingerprint density at radius 3 is 2.62 bits per heavy atom. The van der Waals surface area contributed by atoms with E-state index in [1.54, 1.807) is 18.2 Å². The van der Waals surface area contributed by atoms with Gasteiger partial charge in [-0.2, -0.15) is 8.78 Å². The molecule has 2 aromatic carbocycles. The summed E-state index contributed by atoms with van der Waals surface area (Å²) in [7, 11) is 1.41. The zero-order valence-corrected chi connectivity index (χ0v) is 13.4. The Hall–Kier alpha value is -1.57. The third-order valence-electron chi connectivity index (χ3n) is 2.77. The first-order chi connectivity index (χ1) is 10.1. The smallest absolute Gasteiger partial charge is 0.387 e. The molecule has 2 aromatic rings. The van der Waals surface area contributed by atoms with E-state index < -0.39 is 6.61 Å². The number of ether oxygens (including phenoxy) is 2. The van der Waals surface area contributed by atoms with Crippen molar-refractivity contribution in [2.24, 2.45) is 0 Å². The Kier molecular flexibility index (Phi) is 5.60. The van der Waals surface area contributed by atoms with Gasteiger partial charge in [0, 0.05) is 15.8 Å². The van der Waals surface area contributed by atoms with Crippen LogP contribution in [0.15, 0.2) is 42.5 Å². The lowest BCUT2D eigenvalue weighted by atomic mass is 10.2. The van der Waals surface area contributed by atoms with Gasteiger partial charge in [0.2, 0.25) is 0 Å². The van der Waals surface area contributed by atoms with Gasteiger partial charge in [0.15, 0.2) is 11.5 Å². The molecule has 6 heteroatoms. The molecule has 0 aliphatic rings. The summed E-state index contributed by atoms with van der Waals surface area (Å²) < 4.78 is 35.3. The second-order valence-electron chi connectivity index (χ2n) is 4.23. The molecule has 0 aromatic heterocycles. The summed E-state index contributed by atoms with van der Waals surface area (Å²) in [6, 6.07) is 12.9. The third kappa shape index (κ3) is 4.73. The maximum atomic E-state index is 12.4. The molecule has 0 saturated heterocycles. The summed E-state index contributed by atoms with van der Waals surface area (Å²) in [4.78, 5) is 0. The van der Waals surface area contributed by atoms with E-state index in [1.807, 2.05) is 24.3 Å². The molecule has 0 unspecified atom stereocenters. The van der Waals surface area contributed by atoms with Crippen LogP contribution in [0.5, 0.6) is 11.5 Å². The molecule has 1 N–H and O–H groups in total. The van der Waals surface area contributed by atoms with E-state index in [-0.39, 0.29) is 11.5 Å². The van der Waals surface area contributed by atoms with E-state index in [9.17, 15) is 8.78 Å². The second-order valence-corrected chi connectivity index (χ2v) is 5.47. The number of methoxy groups -OCH3 is 1. The highest BCUT2D eigenvalue weighted by Crippen LogP contribution is 2.29. The predicted octanol–water partition coefficient (Wildman–Crippen LogP) is 4.51. The van der Waals surface area contributed by atoms with Crippen LogP contribution >= 0.6 is 22.6 Å². The highest BCUT2D eigenvalue weighted by atomic mass is 127. The van der Waals surface area contributed by atoms with E-state index in [1.165, 1.54) is 7.11 Å². The zero-order valence-electron chi connectivity index (χ0n) is 11.3. The molecule has 0 aliphatic heterocycles. The molecular formula is C15H14F2INO2. The number of hydrogen-bond donors (Lipinski definition) is 1. The van der Waals surface area contributed by atoms with E-state index >= 15 is 0 Å². The van der Waals surface area contributed by atoms with Crippen LogP contribution in [-0.2, 0) is 6.54 Å². The molecule has 0 radical (unpaired) electrons. The van der Waals surface area contributed by atoms with Crippen LogP contribution in [0.2, 0.25) is 0 Å². The normalized spacial score (nSPS) is 10.5. The second kappa shape index (κ2) is 7.44. The quantitative estimate of drug-likeness (QED) is 0.718. The molecule has 0 heterocycles. The molecule has 2 rings (SSSR count).